The van der Waals surface area contributed by atoms with Crippen LogP contribution >= 0.6 is 0 Å². The van der Waals surface area contributed by atoms with E-state index >= 15 is 8.78 Å². The smallest absolute Gasteiger partial charge is 0.319 e. The van der Waals surface area contributed by atoms with Crippen molar-refractivity contribution < 1.29 is 32.5 Å². The second-order valence-electron chi connectivity index (χ2n) is 13.0. The topological polar surface area (TPSA) is 133 Å². The molecule has 248 valence electrons. The normalized spacial score (nSPS) is 13.9. The van der Waals surface area contributed by atoms with E-state index in [9.17, 15) is 10.1 Å². The fourth-order valence-corrected chi connectivity index (χ4v) is 5.68. The number of benzene rings is 1. The lowest BCUT2D eigenvalue weighted by atomic mass is 9.89. The fourth-order valence-electron chi connectivity index (χ4n) is 4.92. The summed E-state index contributed by atoms with van der Waals surface area (Å²) in [7, 11) is -1.33. The molecule has 1 saturated heterocycles. The predicted molar refractivity (Wildman–Crippen MR) is 175 cm³/mol. The molecule has 4 aromatic rings. The van der Waals surface area contributed by atoms with Crippen LogP contribution in [0.25, 0.3) is 22.2 Å². The highest BCUT2D eigenvalue weighted by Gasteiger charge is 2.33. The fraction of sp³-hybridized carbons (Fsp3) is 0.394. The second-order valence-corrected chi connectivity index (χ2v) is 18.6. The van der Waals surface area contributed by atoms with Crippen LogP contribution in [-0.2, 0) is 16.2 Å². The number of hydrogen-bond donors (Lipinski definition) is 2. The van der Waals surface area contributed by atoms with Gasteiger partial charge in [-0.15, -0.1) is 0 Å². The van der Waals surface area contributed by atoms with E-state index in [0.717, 1.165) is 18.2 Å². The first-order valence-electron chi connectivity index (χ1n) is 15.3. The van der Waals surface area contributed by atoms with Gasteiger partial charge in [0.05, 0.1) is 25.2 Å². The van der Waals surface area contributed by atoms with Crippen LogP contribution in [0.15, 0.2) is 42.9 Å². The Labute approximate surface area is 272 Å². The van der Waals surface area contributed by atoms with Crippen molar-refractivity contribution in [3.63, 3.8) is 0 Å². The zero-order chi connectivity index (χ0) is 33.8. The summed E-state index contributed by atoms with van der Waals surface area (Å²) >= 11 is 0. The highest BCUT2D eigenvalue weighted by atomic mass is 28.3. The summed E-state index contributed by atoms with van der Waals surface area (Å²) in [6, 6.07) is 7.58. The second kappa shape index (κ2) is 14.0. The van der Waals surface area contributed by atoms with Gasteiger partial charge in [0, 0.05) is 74.2 Å². The molecule has 0 bridgehead atoms. The third-order valence-electron chi connectivity index (χ3n) is 7.55. The minimum Gasteiger partial charge on any atom is -0.477 e. The highest BCUT2D eigenvalue weighted by molar-refractivity contribution is 6.76. The molecule has 1 aliphatic heterocycles. The largest absolute Gasteiger partial charge is 0.477 e. The number of amides is 2. The molecule has 3 aromatic heterocycles. The predicted octanol–water partition coefficient (Wildman–Crippen LogP) is 6.91. The molecule has 1 fully saturated rings. The Morgan fingerprint density at radius 3 is 2.57 bits per heavy atom. The molecule has 47 heavy (non-hydrogen) atoms. The van der Waals surface area contributed by atoms with Crippen LogP contribution in [0, 0.1) is 28.4 Å². The number of carbonyl (C=O) groups excluding carboxylic acids is 1. The lowest BCUT2D eigenvalue weighted by Crippen LogP contribution is -2.49. The number of urea groups is 1. The van der Waals surface area contributed by atoms with E-state index in [1.807, 2.05) is 6.92 Å². The minimum atomic E-state index is -1.33. The molecule has 5 rings (SSSR count). The van der Waals surface area contributed by atoms with E-state index in [-0.39, 0.29) is 35.0 Å². The molecule has 4 heterocycles. The first kappa shape index (κ1) is 33.8. The van der Waals surface area contributed by atoms with E-state index in [1.165, 1.54) is 12.3 Å². The zero-order valence-corrected chi connectivity index (χ0v) is 28.1. The number of aromatic nitrogens is 3. The lowest BCUT2D eigenvalue weighted by Gasteiger charge is -2.37. The van der Waals surface area contributed by atoms with E-state index in [2.05, 4.69) is 46.3 Å². The third kappa shape index (κ3) is 8.05. The van der Waals surface area contributed by atoms with Gasteiger partial charge in [0.1, 0.15) is 29.8 Å². The third-order valence-corrected chi connectivity index (χ3v) is 9.26. The molecule has 0 atom stereocenters. The summed E-state index contributed by atoms with van der Waals surface area (Å²) in [5, 5.41) is 15.4. The van der Waals surface area contributed by atoms with Crippen LogP contribution in [0.5, 0.6) is 17.4 Å². The Morgan fingerprint density at radius 1 is 1.19 bits per heavy atom. The van der Waals surface area contributed by atoms with Gasteiger partial charge in [-0.3, -0.25) is 0 Å². The van der Waals surface area contributed by atoms with Crippen molar-refractivity contribution in [2.45, 2.75) is 46.3 Å². The lowest BCUT2D eigenvalue weighted by molar-refractivity contribution is -0.0974. The van der Waals surface area contributed by atoms with Gasteiger partial charge in [0.2, 0.25) is 5.88 Å². The molecule has 0 unspecified atom stereocenters. The van der Waals surface area contributed by atoms with Gasteiger partial charge in [0.25, 0.3) is 0 Å². The van der Waals surface area contributed by atoms with Crippen LogP contribution in [-0.4, -0.2) is 61.6 Å². The van der Waals surface area contributed by atoms with Gasteiger partial charge >= 0.3 is 6.03 Å². The molecule has 2 N–H and O–H groups in total. The SMILES string of the molecule is CCOc1ncc(-c2cn(COCC[Si](C)(C)C)c3nccc(Oc4c(F)cc(NC(=O)NCC5(C)COC5)cc4F)c23)cc1C#N. The quantitative estimate of drug-likeness (QED) is 0.116. The summed E-state index contributed by atoms with van der Waals surface area (Å²) in [4.78, 5) is 21.2. The number of halogens is 2. The van der Waals surface area contributed by atoms with Crippen molar-refractivity contribution in [2.24, 2.45) is 5.41 Å². The van der Waals surface area contributed by atoms with Crippen molar-refractivity contribution in [3.05, 3.63) is 60.1 Å². The van der Waals surface area contributed by atoms with Gasteiger partial charge in [-0.2, -0.15) is 5.26 Å². The Kier molecular flexibility index (Phi) is 10.1. The minimum absolute atomic E-state index is 0.0773. The van der Waals surface area contributed by atoms with Crippen LogP contribution in [0.3, 0.4) is 0 Å². The molecule has 0 spiro atoms. The molecule has 2 amide bonds. The summed E-state index contributed by atoms with van der Waals surface area (Å²) in [5.74, 6) is -2.38. The number of carbonyl (C=O) groups is 1. The number of nitrogens with one attached hydrogen (secondary N) is 2. The molecular weight excluding hydrogens is 626 g/mol. The molecule has 1 aliphatic rings. The molecule has 1 aromatic carbocycles. The molecular formula is C33H38F2N6O5Si. The molecule has 0 radical (unpaired) electrons. The molecule has 0 aliphatic carbocycles. The summed E-state index contributed by atoms with van der Waals surface area (Å²) in [5.41, 5.74) is 1.53. The Morgan fingerprint density at radius 2 is 1.94 bits per heavy atom. The van der Waals surface area contributed by atoms with E-state index in [1.54, 1.807) is 30.0 Å². The number of ether oxygens (including phenoxy) is 4. The van der Waals surface area contributed by atoms with Crippen molar-refractivity contribution in [1.29, 1.82) is 5.26 Å². The number of nitrogens with zero attached hydrogens (tertiary/aromatic N) is 4. The van der Waals surface area contributed by atoms with E-state index in [0.29, 0.717) is 55.1 Å². The van der Waals surface area contributed by atoms with E-state index in [4.69, 9.17) is 18.9 Å². The molecule has 14 heteroatoms. The van der Waals surface area contributed by atoms with Crippen LogP contribution in [0.4, 0.5) is 19.3 Å². The Hall–Kier alpha value is -4.58. The van der Waals surface area contributed by atoms with Crippen LogP contribution < -0.4 is 20.1 Å². The number of rotatable bonds is 13. The number of hydrogen-bond acceptors (Lipinski definition) is 8. The first-order chi connectivity index (χ1) is 22.4. The zero-order valence-electron chi connectivity index (χ0n) is 27.1. The van der Waals surface area contributed by atoms with Gasteiger partial charge < -0.3 is 34.1 Å². The maximum atomic E-state index is 15.4. The maximum Gasteiger partial charge on any atom is 0.319 e. The highest BCUT2D eigenvalue weighted by Crippen LogP contribution is 2.40. The number of anilines is 1. The number of fused-ring (bicyclic) bond motifs is 1. The van der Waals surface area contributed by atoms with Crippen LogP contribution in [0.2, 0.25) is 25.7 Å². The van der Waals surface area contributed by atoms with E-state index < -0.39 is 31.5 Å². The molecule has 11 nitrogen and oxygen atoms in total. The Balaban J connectivity index is 1.47. The molecule has 0 saturated carbocycles. The van der Waals surface area contributed by atoms with Crippen molar-refractivity contribution in [3.8, 4) is 34.6 Å². The van der Waals surface area contributed by atoms with Crippen molar-refractivity contribution >= 4 is 30.8 Å². The van der Waals surface area contributed by atoms with Crippen LogP contribution in [0.1, 0.15) is 19.4 Å². The number of nitriles is 1. The van der Waals surface area contributed by atoms with Gasteiger partial charge in [-0.1, -0.05) is 26.6 Å². The summed E-state index contributed by atoms with van der Waals surface area (Å²) < 4.78 is 55.1. The Bertz CT molecular complexity index is 1790. The first-order valence-corrected chi connectivity index (χ1v) is 19.0. The standard InChI is InChI=1S/C33H38F2N6O5Si/c1-6-45-31-21(14-36)11-22(15-38-31)24-16-41(20-43-9-10-47(3,4)5)30-28(24)27(7-8-37-30)46-29-25(34)12-23(13-26(29)35)40-32(42)39-17-33(2)18-44-19-33/h7-8,11-13,15-16H,6,9-10,17-20H2,1-5H3,(H2,39,40,42). The number of pyridine rings is 2. The summed E-state index contributed by atoms with van der Waals surface area (Å²) in [6.45, 7) is 13.0. The average Bonchev–Trinajstić information content (AvgIpc) is 3.38. The monoisotopic (exact) mass is 664 g/mol. The van der Waals surface area contributed by atoms with Gasteiger partial charge in [0.15, 0.2) is 17.4 Å². The van der Waals surface area contributed by atoms with Crippen molar-refractivity contribution in [1.82, 2.24) is 19.9 Å². The maximum absolute atomic E-state index is 15.4. The average molecular weight is 665 g/mol. The summed E-state index contributed by atoms with van der Waals surface area (Å²) in [6.07, 6.45) is 4.81. The van der Waals surface area contributed by atoms with Crippen molar-refractivity contribution in [2.75, 3.05) is 38.3 Å². The van der Waals surface area contributed by atoms with Gasteiger partial charge in [-0.25, -0.2) is 23.5 Å². The van der Waals surface area contributed by atoms with Gasteiger partial charge in [-0.05, 0) is 25.1 Å².